The monoisotopic (exact) mass is 302 g/mol. The molecule has 1 saturated heterocycles. The van der Waals surface area contributed by atoms with Crippen molar-refractivity contribution in [2.45, 2.75) is 31.3 Å². The highest BCUT2D eigenvalue weighted by molar-refractivity contribution is 5.85. The highest BCUT2D eigenvalue weighted by Crippen LogP contribution is 2.18. The summed E-state index contributed by atoms with van der Waals surface area (Å²) in [7, 11) is 0. The average Bonchev–Trinajstić information content (AvgIpc) is 2.51. The highest BCUT2D eigenvalue weighted by Gasteiger charge is 2.24. The van der Waals surface area contributed by atoms with Crippen molar-refractivity contribution < 1.29 is 0 Å². The van der Waals surface area contributed by atoms with E-state index >= 15 is 0 Å². The van der Waals surface area contributed by atoms with Crippen molar-refractivity contribution in [1.29, 1.82) is 0 Å². The second-order valence-electron chi connectivity index (χ2n) is 5.51. The van der Waals surface area contributed by atoms with Crippen molar-refractivity contribution in [3.63, 3.8) is 0 Å². The molecule has 0 spiro atoms. The van der Waals surface area contributed by atoms with Crippen LogP contribution in [0.25, 0.3) is 0 Å². The number of rotatable bonds is 4. The second kappa shape index (κ2) is 8.06. The summed E-state index contributed by atoms with van der Waals surface area (Å²) in [5.74, 6) is 0. The summed E-state index contributed by atoms with van der Waals surface area (Å²) in [6.07, 6.45) is 3.57. The Morgan fingerprint density at radius 1 is 0.952 bits per heavy atom. The number of nitrogens with one attached hydrogen (secondary N) is 2. The van der Waals surface area contributed by atoms with Gasteiger partial charge in [0.25, 0.3) is 0 Å². The molecular formula is C18H23ClN2. The maximum atomic E-state index is 3.69. The molecule has 1 heterocycles. The normalized spacial score (nSPS) is 21.3. The van der Waals surface area contributed by atoms with Gasteiger partial charge in [-0.1, -0.05) is 48.5 Å². The molecule has 112 valence electrons. The van der Waals surface area contributed by atoms with Gasteiger partial charge in [-0.2, -0.15) is 0 Å². The lowest BCUT2D eigenvalue weighted by molar-refractivity contribution is 0.366. The van der Waals surface area contributed by atoms with Gasteiger partial charge >= 0.3 is 0 Å². The van der Waals surface area contributed by atoms with Crippen LogP contribution in [-0.2, 0) is 6.42 Å². The van der Waals surface area contributed by atoms with E-state index in [9.17, 15) is 0 Å². The zero-order chi connectivity index (χ0) is 13.6. The minimum Gasteiger partial charge on any atom is -0.381 e. The SMILES string of the molecule is Cl.c1ccc(C[C@@H]2NCCC[C@@H]2Nc2ccccc2)cc1. The van der Waals surface area contributed by atoms with Crippen molar-refractivity contribution >= 4 is 18.1 Å². The molecule has 0 aromatic heterocycles. The van der Waals surface area contributed by atoms with Crippen molar-refractivity contribution in [1.82, 2.24) is 5.32 Å². The first-order chi connectivity index (χ1) is 9.92. The zero-order valence-corrected chi connectivity index (χ0v) is 13.0. The Labute approximate surface area is 133 Å². The molecule has 21 heavy (non-hydrogen) atoms. The number of anilines is 1. The van der Waals surface area contributed by atoms with Gasteiger partial charge in [0.1, 0.15) is 0 Å². The minimum atomic E-state index is 0. The summed E-state index contributed by atoms with van der Waals surface area (Å²) in [5.41, 5.74) is 2.63. The van der Waals surface area contributed by atoms with Crippen LogP contribution in [-0.4, -0.2) is 18.6 Å². The lowest BCUT2D eigenvalue weighted by Gasteiger charge is -2.34. The van der Waals surface area contributed by atoms with Crippen LogP contribution >= 0.6 is 12.4 Å². The summed E-state index contributed by atoms with van der Waals surface area (Å²) in [5, 5.41) is 7.36. The standard InChI is InChI=1S/C18H22N2.ClH/c1-3-8-15(9-4-1)14-18-17(12-7-13-19-18)20-16-10-5-2-6-11-16;/h1-6,8-11,17-20H,7,12-14H2;1H/t17-,18-;/m0./s1. The molecule has 3 rings (SSSR count). The van der Waals surface area contributed by atoms with E-state index < -0.39 is 0 Å². The number of halogens is 1. The third kappa shape index (κ3) is 4.48. The third-order valence-corrected chi connectivity index (χ3v) is 4.01. The molecule has 0 unspecified atom stereocenters. The lowest BCUT2D eigenvalue weighted by Crippen LogP contribution is -2.49. The summed E-state index contributed by atoms with van der Waals surface area (Å²) in [4.78, 5) is 0. The van der Waals surface area contributed by atoms with Crippen LogP contribution in [0.4, 0.5) is 5.69 Å². The van der Waals surface area contributed by atoms with E-state index in [1.54, 1.807) is 0 Å². The molecule has 0 amide bonds. The van der Waals surface area contributed by atoms with Crippen LogP contribution in [0, 0.1) is 0 Å². The Hall–Kier alpha value is -1.51. The van der Waals surface area contributed by atoms with Crippen LogP contribution < -0.4 is 10.6 Å². The summed E-state index contributed by atoms with van der Waals surface area (Å²) < 4.78 is 0. The Morgan fingerprint density at radius 2 is 1.62 bits per heavy atom. The molecule has 2 atom stereocenters. The number of hydrogen-bond donors (Lipinski definition) is 2. The largest absolute Gasteiger partial charge is 0.381 e. The molecule has 2 nitrogen and oxygen atoms in total. The quantitative estimate of drug-likeness (QED) is 0.895. The maximum absolute atomic E-state index is 3.69. The van der Waals surface area contributed by atoms with E-state index in [-0.39, 0.29) is 12.4 Å². The fourth-order valence-corrected chi connectivity index (χ4v) is 2.96. The number of para-hydroxylation sites is 1. The van der Waals surface area contributed by atoms with Crippen LogP contribution in [0.2, 0.25) is 0 Å². The molecule has 2 aromatic rings. The molecule has 2 N–H and O–H groups in total. The molecular weight excluding hydrogens is 280 g/mol. The van der Waals surface area contributed by atoms with Crippen molar-refractivity contribution in [3.8, 4) is 0 Å². The topological polar surface area (TPSA) is 24.1 Å². The fraction of sp³-hybridized carbons (Fsp3) is 0.333. The molecule has 1 aliphatic heterocycles. The van der Waals surface area contributed by atoms with E-state index in [1.807, 2.05) is 0 Å². The van der Waals surface area contributed by atoms with Gasteiger partial charge in [0.05, 0.1) is 0 Å². The molecule has 0 saturated carbocycles. The predicted octanol–water partition coefficient (Wildman–Crippen LogP) is 3.88. The van der Waals surface area contributed by atoms with Gasteiger partial charge in [-0.05, 0) is 43.5 Å². The van der Waals surface area contributed by atoms with E-state index in [1.165, 1.54) is 24.1 Å². The average molecular weight is 303 g/mol. The molecule has 0 aliphatic carbocycles. The molecule has 0 bridgehead atoms. The van der Waals surface area contributed by atoms with E-state index in [2.05, 4.69) is 71.3 Å². The van der Waals surface area contributed by atoms with Crippen molar-refractivity contribution in [2.75, 3.05) is 11.9 Å². The van der Waals surface area contributed by atoms with Crippen LogP contribution in [0.1, 0.15) is 18.4 Å². The molecule has 2 aromatic carbocycles. The van der Waals surface area contributed by atoms with Crippen molar-refractivity contribution in [2.24, 2.45) is 0 Å². The predicted molar refractivity (Wildman–Crippen MR) is 92.3 cm³/mol. The highest BCUT2D eigenvalue weighted by atomic mass is 35.5. The molecule has 1 fully saturated rings. The Kier molecular flexibility index (Phi) is 6.09. The molecule has 1 aliphatic rings. The van der Waals surface area contributed by atoms with E-state index in [0.29, 0.717) is 12.1 Å². The number of piperidine rings is 1. The molecule has 0 radical (unpaired) electrons. The van der Waals surface area contributed by atoms with Gasteiger partial charge in [0, 0.05) is 17.8 Å². The van der Waals surface area contributed by atoms with Crippen LogP contribution in [0.15, 0.2) is 60.7 Å². The Morgan fingerprint density at radius 3 is 2.33 bits per heavy atom. The first-order valence-electron chi connectivity index (χ1n) is 7.51. The van der Waals surface area contributed by atoms with E-state index in [4.69, 9.17) is 0 Å². The first-order valence-corrected chi connectivity index (χ1v) is 7.51. The second-order valence-corrected chi connectivity index (χ2v) is 5.51. The smallest absolute Gasteiger partial charge is 0.0418 e. The first kappa shape index (κ1) is 15.9. The van der Waals surface area contributed by atoms with Crippen LogP contribution in [0.3, 0.4) is 0 Å². The Bertz CT molecular complexity index is 466. The van der Waals surface area contributed by atoms with Gasteiger partial charge in [-0.3, -0.25) is 0 Å². The van der Waals surface area contributed by atoms with Crippen LogP contribution in [0.5, 0.6) is 0 Å². The lowest BCUT2D eigenvalue weighted by atomic mass is 9.92. The Balaban J connectivity index is 0.00000161. The number of benzene rings is 2. The summed E-state index contributed by atoms with van der Waals surface area (Å²) in [6, 6.07) is 22.3. The van der Waals surface area contributed by atoms with Gasteiger partial charge in [-0.25, -0.2) is 0 Å². The fourth-order valence-electron chi connectivity index (χ4n) is 2.96. The molecule has 3 heteroatoms. The summed E-state index contributed by atoms with van der Waals surface area (Å²) >= 11 is 0. The van der Waals surface area contributed by atoms with Gasteiger partial charge in [-0.15, -0.1) is 12.4 Å². The zero-order valence-electron chi connectivity index (χ0n) is 12.2. The van der Waals surface area contributed by atoms with Crippen molar-refractivity contribution in [3.05, 3.63) is 66.2 Å². The number of hydrogen-bond acceptors (Lipinski definition) is 2. The minimum absolute atomic E-state index is 0. The third-order valence-electron chi connectivity index (χ3n) is 4.01. The van der Waals surface area contributed by atoms with Gasteiger partial charge in [0.15, 0.2) is 0 Å². The van der Waals surface area contributed by atoms with Gasteiger partial charge < -0.3 is 10.6 Å². The van der Waals surface area contributed by atoms with Gasteiger partial charge in [0.2, 0.25) is 0 Å². The summed E-state index contributed by atoms with van der Waals surface area (Å²) in [6.45, 7) is 1.13. The maximum Gasteiger partial charge on any atom is 0.0418 e. The van der Waals surface area contributed by atoms with E-state index in [0.717, 1.165) is 13.0 Å².